The maximum atomic E-state index is 12.8. The van der Waals surface area contributed by atoms with E-state index in [1.165, 1.54) is 23.1 Å². The molecule has 0 saturated heterocycles. The molecule has 0 aliphatic heterocycles. The third-order valence-electron chi connectivity index (χ3n) is 5.03. The predicted molar refractivity (Wildman–Crippen MR) is 135 cm³/mol. The number of nitrogens with one attached hydrogen (secondary N) is 2. The average molecular weight is 499 g/mol. The van der Waals surface area contributed by atoms with Crippen LogP contribution in [0.5, 0.6) is 0 Å². The smallest absolute Gasteiger partial charge is 0.262 e. The molecule has 4 rings (SSSR count). The largest absolute Gasteiger partial charge is 0.343 e. The lowest BCUT2D eigenvalue weighted by Gasteiger charge is -2.16. The fourth-order valence-corrected chi connectivity index (χ4v) is 5.76. The maximum Gasteiger partial charge on any atom is 0.262 e. The third kappa shape index (κ3) is 5.82. The summed E-state index contributed by atoms with van der Waals surface area (Å²) in [6, 6.07) is 14.5. The Labute approximate surface area is 203 Å². The van der Waals surface area contributed by atoms with Gasteiger partial charge in [-0.15, -0.1) is 11.3 Å². The van der Waals surface area contributed by atoms with Crippen molar-refractivity contribution in [3.8, 4) is 0 Å². The van der Waals surface area contributed by atoms with E-state index >= 15 is 0 Å². The van der Waals surface area contributed by atoms with Crippen LogP contribution in [0.2, 0.25) is 0 Å². The Morgan fingerprint density at radius 3 is 2.79 bits per heavy atom. The summed E-state index contributed by atoms with van der Waals surface area (Å²) in [6.45, 7) is 0. The number of para-hydroxylation sites is 1. The zero-order valence-electron chi connectivity index (χ0n) is 17.9. The molecule has 7 nitrogen and oxygen atoms in total. The van der Waals surface area contributed by atoms with Gasteiger partial charge in [-0.05, 0) is 36.1 Å². The summed E-state index contributed by atoms with van der Waals surface area (Å²) >= 11 is 4.47. The molecule has 1 aromatic heterocycles. The summed E-state index contributed by atoms with van der Waals surface area (Å²) in [5.41, 5.74) is 5.28. The number of amides is 2. The number of hydrogen-bond acceptors (Lipinski definition) is 8. The summed E-state index contributed by atoms with van der Waals surface area (Å²) in [5, 5.41) is 6.89. The molecule has 170 valence electrons. The van der Waals surface area contributed by atoms with E-state index < -0.39 is 11.9 Å². The van der Waals surface area contributed by atoms with E-state index in [1.807, 2.05) is 54.8 Å². The first-order valence-electron chi connectivity index (χ1n) is 10.3. The average Bonchev–Trinajstić information content (AvgIpc) is 3.38. The van der Waals surface area contributed by atoms with Crippen molar-refractivity contribution < 1.29 is 14.4 Å². The Balaban J connectivity index is 1.37. The molecule has 0 spiro atoms. The maximum absolute atomic E-state index is 12.8. The molecule has 0 bridgehead atoms. The lowest BCUT2D eigenvalue weighted by atomic mass is 10.1. The van der Waals surface area contributed by atoms with Gasteiger partial charge in [0, 0.05) is 12.0 Å². The van der Waals surface area contributed by atoms with E-state index in [4.69, 9.17) is 0 Å². The van der Waals surface area contributed by atoms with Crippen LogP contribution in [0.1, 0.15) is 17.5 Å². The normalized spacial score (nSPS) is 14.9. The molecule has 1 heterocycles. The highest BCUT2D eigenvalue weighted by Crippen LogP contribution is 2.29. The first kappa shape index (κ1) is 23.5. The quantitative estimate of drug-likeness (QED) is 0.347. The van der Waals surface area contributed by atoms with Crippen LogP contribution in [0.3, 0.4) is 0 Å². The summed E-state index contributed by atoms with van der Waals surface area (Å²) < 4.78 is 1.88. The van der Waals surface area contributed by atoms with Gasteiger partial charge < -0.3 is 5.32 Å². The number of rotatable bonds is 9. The number of thiazole rings is 1. The topological polar surface area (TPSA) is 101 Å². The standard InChI is InChI=1S/C23H22N4O3S3/c1-31-11-10-17(22(30)27-26-21-15-7-3-2-6-14(15)12-18(21)28)24-20(29)13-32-23-25-16-8-4-5-9-19(16)33-23/h2-9,17H,10-13H2,1H3,(H,24,29)(H,27,30)/b26-21+. The molecule has 2 aromatic carbocycles. The van der Waals surface area contributed by atoms with Crippen molar-refractivity contribution in [3.05, 3.63) is 59.7 Å². The molecule has 2 N–H and O–H groups in total. The minimum Gasteiger partial charge on any atom is -0.343 e. The first-order chi connectivity index (χ1) is 16.0. The Morgan fingerprint density at radius 2 is 1.97 bits per heavy atom. The molecular weight excluding hydrogens is 476 g/mol. The second-order valence-electron chi connectivity index (χ2n) is 7.33. The number of hydrogen-bond donors (Lipinski definition) is 2. The lowest BCUT2D eigenvalue weighted by Crippen LogP contribution is -2.46. The first-order valence-corrected chi connectivity index (χ1v) is 13.5. The van der Waals surface area contributed by atoms with E-state index in [0.717, 1.165) is 25.7 Å². The van der Waals surface area contributed by atoms with Crippen LogP contribution in [0.15, 0.2) is 58.0 Å². The molecule has 10 heteroatoms. The Morgan fingerprint density at radius 1 is 1.18 bits per heavy atom. The van der Waals surface area contributed by atoms with Crippen LogP contribution in [-0.2, 0) is 20.8 Å². The minimum atomic E-state index is -0.739. The van der Waals surface area contributed by atoms with Gasteiger partial charge in [-0.1, -0.05) is 48.2 Å². The van der Waals surface area contributed by atoms with E-state index in [2.05, 4.69) is 20.8 Å². The SMILES string of the molecule is CSCCC(NC(=O)CSc1nc2ccccc2s1)C(=O)N/N=C1/C(=O)Cc2ccccc21. The molecule has 1 aliphatic carbocycles. The molecule has 33 heavy (non-hydrogen) atoms. The van der Waals surface area contributed by atoms with Crippen molar-refractivity contribution in [1.29, 1.82) is 0 Å². The number of thioether (sulfide) groups is 2. The molecule has 1 unspecified atom stereocenters. The highest BCUT2D eigenvalue weighted by molar-refractivity contribution is 8.01. The lowest BCUT2D eigenvalue weighted by molar-refractivity contribution is -0.127. The number of Topliss-reactive ketones (excluding diaryl/α,β-unsaturated/α-hetero) is 1. The number of nitrogens with zero attached hydrogens (tertiary/aromatic N) is 2. The number of aromatic nitrogens is 1. The Bertz CT molecular complexity index is 1190. The highest BCUT2D eigenvalue weighted by atomic mass is 32.2. The van der Waals surface area contributed by atoms with Gasteiger partial charge in [0.05, 0.1) is 16.0 Å². The molecule has 3 aromatic rings. The molecule has 1 aliphatic rings. The number of hydrazone groups is 1. The zero-order valence-corrected chi connectivity index (χ0v) is 20.3. The minimum absolute atomic E-state index is 0.131. The molecule has 1 atom stereocenters. The van der Waals surface area contributed by atoms with Crippen LogP contribution in [0, 0.1) is 0 Å². The number of carbonyl (C=O) groups excluding carboxylic acids is 3. The summed E-state index contributed by atoms with van der Waals surface area (Å²) in [7, 11) is 0. The van der Waals surface area contributed by atoms with Crippen molar-refractivity contribution in [2.45, 2.75) is 23.2 Å². The van der Waals surface area contributed by atoms with Crippen LogP contribution in [-0.4, -0.2) is 52.1 Å². The van der Waals surface area contributed by atoms with E-state index in [9.17, 15) is 14.4 Å². The van der Waals surface area contributed by atoms with Crippen molar-refractivity contribution in [1.82, 2.24) is 15.7 Å². The number of benzene rings is 2. The van der Waals surface area contributed by atoms with Crippen molar-refractivity contribution >= 4 is 68.4 Å². The third-order valence-corrected chi connectivity index (χ3v) is 7.85. The Hall–Kier alpha value is -2.69. The van der Waals surface area contributed by atoms with Gasteiger partial charge in [-0.3, -0.25) is 14.4 Å². The zero-order chi connectivity index (χ0) is 23.2. The number of ketones is 1. The second-order valence-corrected chi connectivity index (χ2v) is 10.6. The molecule has 0 saturated carbocycles. The molecule has 0 fully saturated rings. The van der Waals surface area contributed by atoms with E-state index in [-0.39, 0.29) is 29.6 Å². The predicted octanol–water partition coefficient (Wildman–Crippen LogP) is 3.27. The van der Waals surface area contributed by atoms with Crippen molar-refractivity contribution in [2.24, 2.45) is 5.10 Å². The van der Waals surface area contributed by atoms with Crippen LogP contribution >= 0.6 is 34.9 Å². The van der Waals surface area contributed by atoms with Gasteiger partial charge in [-0.25, -0.2) is 10.4 Å². The monoisotopic (exact) mass is 498 g/mol. The fraction of sp³-hybridized carbons (Fsp3) is 0.261. The van der Waals surface area contributed by atoms with Crippen molar-refractivity contribution in [2.75, 3.05) is 17.8 Å². The van der Waals surface area contributed by atoms with Gasteiger partial charge in [0.15, 0.2) is 10.1 Å². The van der Waals surface area contributed by atoms with Gasteiger partial charge in [-0.2, -0.15) is 16.9 Å². The summed E-state index contributed by atoms with van der Waals surface area (Å²) in [4.78, 5) is 42.1. The molecule has 2 amide bonds. The van der Waals surface area contributed by atoms with Gasteiger partial charge >= 0.3 is 0 Å². The molecular formula is C23H22N4O3S3. The van der Waals surface area contributed by atoms with Crippen molar-refractivity contribution in [3.63, 3.8) is 0 Å². The van der Waals surface area contributed by atoms with Gasteiger partial charge in [0.2, 0.25) is 5.91 Å². The van der Waals surface area contributed by atoms with Crippen LogP contribution in [0.25, 0.3) is 10.2 Å². The van der Waals surface area contributed by atoms with Crippen LogP contribution in [0.4, 0.5) is 0 Å². The summed E-state index contributed by atoms with van der Waals surface area (Å²) in [5.74, 6) is 0.0290. The fourth-order valence-electron chi connectivity index (χ4n) is 3.40. The van der Waals surface area contributed by atoms with E-state index in [1.54, 1.807) is 11.8 Å². The second kappa shape index (κ2) is 11.0. The number of carbonyl (C=O) groups is 3. The number of fused-ring (bicyclic) bond motifs is 2. The van der Waals surface area contributed by atoms with Gasteiger partial charge in [0.25, 0.3) is 5.91 Å². The van der Waals surface area contributed by atoms with E-state index in [0.29, 0.717) is 12.2 Å². The molecule has 0 radical (unpaired) electrons. The van der Waals surface area contributed by atoms with Gasteiger partial charge in [0.1, 0.15) is 11.8 Å². The summed E-state index contributed by atoms with van der Waals surface area (Å²) in [6.07, 6.45) is 2.68. The Kier molecular flexibility index (Phi) is 7.79. The highest BCUT2D eigenvalue weighted by Gasteiger charge is 2.27. The van der Waals surface area contributed by atoms with Crippen LogP contribution < -0.4 is 10.7 Å².